The highest BCUT2D eigenvalue weighted by atomic mass is 19.1. The summed E-state index contributed by atoms with van der Waals surface area (Å²) >= 11 is 0. The van der Waals surface area contributed by atoms with Crippen LogP contribution in [0, 0.1) is 5.82 Å². The van der Waals surface area contributed by atoms with Crippen LogP contribution in [-0.4, -0.2) is 48.7 Å². The van der Waals surface area contributed by atoms with Gasteiger partial charge in [0.1, 0.15) is 17.3 Å². The van der Waals surface area contributed by atoms with Crippen LogP contribution in [0.3, 0.4) is 0 Å². The molecule has 1 fully saturated rings. The lowest BCUT2D eigenvalue weighted by Gasteiger charge is -2.29. The van der Waals surface area contributed by atoms with E-state index in [0.29, 0.717) is 42.3 Å². The first kappa shape index (κ1) is 19.4. The fourth-order valence-corrected chi connectivity index (χ4v) is 4.05. The van der Waals surface area contributed by atoms with Gasteiger partial charge in [-0.15, -0.1) is 0 Å². The number of hydrogen-bond acceptors (Lipinski definition) is 6. The zero-order valence-corrected chi connectivity index (χ0v) is 16.9. The maximum Gasteiger partial charge on any atom is 0.251 e. The Morgan fingerprint density at radius 3 is 2.71 bits per heavy atom. The van der Waals surface area contributed by atoms with E-state index in [0.717, 1.165) is 36.3 Å². The van der Waals surface area contributed by atoms with Gasteiger partial charge in [0.15, 0.2) is 0 Å². The van der Waals surface area contributed by atoms with Crippen LogP contribution in [0.15, 0.2) is 42.6 Å². The number of amides is 1. The second-order valence-electron chi connectivity index (χ2n) is 7.63. The minimum atomic E-state index is -0.365. The summed E-state index contributed by atoms with van der Waals surface area (Å²) in [4.78, 5) is 23.0. The van der Waals surface area contributed by atoms with E-state index in [2.05, 4.69) is 20.2 Å². The first-order valence-electron chi connectivity index (χ1n) is 10.3. The van der Waals surface area contributed by atoms with E-state index < -0.39 is 0 Å². The second-order valence-corrected chi connectivity index (χ2v) is 7.63. The highest BCUT2D eigenvalue weighted by Gasteiger charge is 2.19. The molecule has 1 amide bonds. The monoisotopic (exact) mass is 419 g/mol. The van der Waals surface area contributed by atoms with Gasteiger partial charge < -0.3 is 20.7 Å². The quantitative estimate of drug-likeness (QED) is 0.678. The van der Waals surface area contributed by atoms with Crippen molar-refractivity contribution >= 4 is 17.4 Å². The number of nitrogen functional groups attached to an aromatic ring is 1. The average molecular weight is 419 g/mol. The summed E-state index contributed by atoms with van der Waals surface area (Å²) in [7, 11) is 0. The summed E-state index contributed by atoms with van der Waals surface area (Å²) in [5.74, 6) is -0.187. The molecule has 2 aromatic carbocycles. The van der Waals surface area contributed by atoms with E-state index in [1.165, 1.54) is 12.3 Å². The summed E-state index contributed by atoms with van der Waals surface area (Å²) in [5, 5.41) is 2.83. The molecule has 0 saturated carbocycles. The van der Waals surface area contributed by atoms with Crippen molar-refractivity contribution in [2.24, 2.45) is 0 Å². The molecule has 8 heteroatoms. The fraction of sp³-hybridized carbons (Fsp3) is 0.261. The van der Waals surface area contributed by atoms with Crippen LogP contribution in [0.4, 0.5) is 15.9 Å². The standard InChI is InChI=1S/C23H22FN5O2/c24-19-12-16(29-7-9-31-10-8-29)2-4-18(19)20-13-27-22(25)21(28-20)15-1-3-17-14(11-15)5-6-26-23(17)30/h1-4,11-13H,5-10H2,(H2,25,27)(H,26,30). The number of nitrogens with one attached hydrogen (secondary N) is 1. The number of carbonyl (C=O) groups is 1. The van der Waals surface area contributed by atoms with Crippen molar-refractivity contribution in [2.45, 2.75) is 6.42 Å². The third-order valence-electron chi connectivity index (χ3n) is 5.71. The Morgan fingerprint density at radius 1 is 1.10 bits per heavy atom. The van der Waals surface area contributed by atoms with Gasteiger partial charge in [0.2, 0.25) is 0 Å². The Hall–Kier alpha value is -3.52. The van der Waals surface area contributed by atoms with Gasteiger partial charge in [-0.3, -0.25) is 4.79 Å². The molecular weight excluding hydrogens is 397 g/mol. The van der Waals surface area contributed by atoms with Crippen LogP contribution in [0.2, 0.25) is 0 Å². The number of halogens is 1. The van der Waals surface area contributed by atoms with Crippen LogP contribution in [-0.2, 0) is 11.2 Å². The molecule has 2 aliphatic rings. The maximum atomic E-state index is 15.0. The Kier molecular flexibility index (Phi) is 4.99. The molecule has 1 saturated heterocycles. The highest BCUT2D eigenvalue weighted by molar-refractivity contribution is 5.97. The molecular formula is C23H22FN5O2. The van der Waals surface area contributed by atoms with Crippen molar-refractivity contribution in [3.8, 4) is 22.5 Å². The Bertz CT molecular complexity index is 1160. The highest BCUT2D eigenvalue weighted by Crippen LogP contribution is 2.31. The Labute approximate surface area is 179 Å². The van der Waals surface area contributed by atoms with E-state index in [1.54, 1.807) is 18.2 Å². The molecule has 0 bridgehead atoms. The number of hydrogen-bond donors (Lipinski definition) is 2. The molecule has 7 nitrogen and oxygen atoms in total. The number of anilines is 2. The van der Waals surface area contributed by atoms with Crippen molar-refractivity contribution in [3.63, 3.8) is 0 Å². The van der Waals surface area contributed by atoms with Gasteiger partial charge in [0, 0.05) is 42.0 Å². The topological polar surface area (TPSA) is 93.4 Å². The van der Waals surface area contributed by atoms with Gasteiger partial charge in [-0.2, -0.15) is 0 Å². The van der Waals surface area contributed by atoms with Gasteiger partial charge in [-0.1, -0.05) is 6.07 Å². The molecule has 31 heavy (non-hydrogen) atoms. The van der Waals surface area contributed by atoms with Gasteiger partial charge in [-0.05, 0) is 42.3 Å². The molecule has 3 N–H and O–H groups in total. The fourth-order valence-electron chi connectivity index (χ4n) is 4.05. The minimum absolute atomic E-state index is 0.0805. The molecule has 0 aliphatic carbocycles. The van der Waals surface area contributed by atoms with Crippen LogP contribution >= 0.6 is 0 Å². The average Bonchev–Trinajstić information content (AvgIpc) is 2.80. The van der Waals surface area contributed by atoms with Crippen molar-refractivity contribution in [3.05, 3.63) is 59.5 Å². The smallest absolute Gasteiger partial charge is 0.251 e. The zero-order chi connectivity index (χ0) is 21.4. The molecule has 0 radical (unpaired) electrons. The number of benzene rings is 2. The first-order valence-corrected chi connectivity index (χ1v) is 10.3. The maximum absolute atomic E-state index is 15.0. The van der Waals surface area contributed by atoms with Crippen molar-refractivity contribution in [1.29, 1.82) is 0 Å². The summed E-state index contributed by atoms with van der Waals surface area (Å²) in [6.45, 7) is 3.34. The van der Waals surface area contributed by atoms with E-state index >= 15 is 0 Å². The summed E-state index contributed by atoms with van der Waals surface area (Å²) < 4.78 is 20.4. The van der Waals surface area contributed by atoms with Gasteiger partial charge in [0.05, 0.1) is 25.1 Å². The normalized spacial score (nSPS) is 16.0. The number of nitrogens with zero attached hydrogens (tertiary/aromatic N) is 3. The Morgan fingerprint density at radius 2 is 1.90 bits per heavy atom. The van der Waals surface area contributed by atoms with E-state index in [9.17, 15) is 9.18 Å². The van der Waals surface area contributed by atoms with Gasteiger partial charge in [0.25, 0.3) is 5.91 Å². The van der Waals surface area contributed by atoms with Crippen LogP contribution in [0.1, 0.15) is 15.9 Å². The number of rotatable bonds is 3. The summed E-state index contributed by atoms with van der Waals surface area (Å²) in [6.07, 6.45) is 2.22. The Balaban J connectivity index is 1.50. The molecule has 0 unspecified atom stereocenters. The van der Waals surface area contributed by atoms with Gasteiger partial charge >= 0.3 is 0 Å². The van der Waals surface area contributed by atoms with Crippen LogP contribution in [0.5, 0.6) is 0 Å². The third-order valence-corrected chi connectivity index (χ3v) is 5.71. The molecule has 1 aromatic heterocycles. The predicted molar refractivity (Wildman–Crippen MR) is 116 cm³/mol. The van der Waals surface area contributed by atoms with Crippen molar-refractivity contribution in [1.82, 2.24) is 15.3 Å². The predicted octanol–water partition coefficient (Wildman–Crippen LogP) is 2.65. The second kappa shape index (κ2) is 7.96. The van der Waals surface area contributed by atoms with Crippen LogP contribution < -0.4 is 16.0 Å². The molecule has 5 rings (SSSR count). The van der Waals surface area contributed by atoms with Gasteiger partial charge in [-0.25, -0.2) is 14.4 Å². The molecule has 3 heterocycles. The number of ether oxygens (including phenoxy) is 1. The zero-order valence-electron chi connectivity index (χ0n) is 16.9. The number of carbonyl (C=O) groups excluding carboxylic acids is 1. The molecule has 158 valence electrons. The lowest BCUT2D eigenvalue weighted by molar-refractivity contribution is 0.0946. The summed E-state index contributed by atoms with van der Waals surface area (Å²) in [5.41, 5.74) is 10.5. The van der Waals surface area contributed by atoms with E-state index in [1.807, 2.05) is 12.1 Å². The number of aromatic nitrogens is 2. The lowest BCUT2D eigenvalue weighted by atomic mass is 9.96. The van der Waals surface area contributed by atoms with E-state index in [4.69, 9.17) is 10.5 Å². The number of fused-ring (bicyclic) bond motifs is 1. The lowest BCUT2D eigenvalue weighted by Crippen LogP contribution is -2.36. The largest absolute Gasteiger partial charge is 0.382 e. The number of morpholine rings is 1. The summed E-state index contributed by atoms with van der Waals surface area (Å²) in [6, 6.07) is 10.6. The molecule has 0 spiro atoms. The molecule has 0 atom stereocenters. The molecule has 3 aromatic rings. The van der Waals surface area contributed by atoms with Crippen molar-refractivity contribution < 1.29 is 13.9 Å². The first-order chi connectivity index (χ1) is 15.1. The van der Waals surface area contributed by atoms with E-state index in [-0.39, 0.29) is 17.5 Å². The third kappa shape index (κ3) is 3.70. The number of nitrogens with two attached hydrogens (primary N) is 1. The SMILES string of the molecule is Nc1ncc(-c2ccc(N3CCOCC3)cc2F)nc1-c1ccc2c(c1)CCNC2=O. The molecule has 2 aliphatic heterocycles. The minimum Gasteiger partial charge on any atom is -0.382 e. The van der Waals surface area contributed by atoms with Crippen LogP contribution in [0.25, 0.3) is 22.5 Å². The van der Waals surface area contributed by atoms with Crippen molar-refractivity contribution in [2.75, 3.05) is 43.5 Å².